The van der Waals surface area contributed by atoms with Crippen LogP contribution in [0.25, 0.3) is 0 Å². The van der Waals surface area contributed by atoms with Crippen LogP contribution in [0.3, 0.4) is 0 Å². The Hall–Kier alpha value is -1.95. The van der Waals surface area contributed by atoms with Crippen LogP contribution in [0.1, 0.15) is 0 Å². The van der Waals surface area contributed by atoms with E-state index in [2.05, 4.69) is 0 Å². The molecule has 1 unspecified atom stereocenters. The maximum atomic E-state index is 11.3. The highest BCUT2D eigenvalue weighted by molar-refractivity contribution is 5.71. The lowest BCUT2D eigenvalue weighted by Gasteiger charge is -2.08. The summed E-state index contributed by atoms with van der Waals surface area (Å²) in [6, 6.07) is 4.51. The number of ether oxygens (including phenoxy) is 4. The number of carbonyl (C=O) groups excluding carboxylic acids is 1. The molecule has 1 aromatic rings. The summed E-state index contributed by atoms with van der Waals surface area (Å²) in [6.45, 7) is 0.690. The summed E-state index contributed by atoms with van der Waals surface area (Å²) in [5.41, 5.74) is 0. The topological polar surface area (TPSA) is 77.5 Å². The number of benzene rings is 1. The van der Waals surface area contributed by atoms with Crippen molar-refractivity contribution in [3.05, 3.63) is 18.2 Å². The highest BCUT2D eigenvalue weighted by atomic mass is 16.6. The van der Waals surface area contributed by atoms with Gasteiger partial charge in [-0.15, -0.1) is 0 Å². The number of phenolic OH excluding ortho intramolecular Hbond substituents is 1. The van der Waals surface area contributed by atoms with Crippen LogP contribution in [-0.4, -0.2) is 44.1 Å². The maximum absolute atomic E-state index is 11.3. The average Bonchev–Trinajstić information content (AvgIpc) is 3.18. The SMILES string of the molecule is COc1ccc(OCC(=O)OCC2CO2)cc1O. The molecule has 0 aliphatic carbocycles. The molecule has 98 valence electrons. The Balaban J connectivity index is 1.77. The van der Waals surface area contributed by atoms with E-state index in [0.29, 0.717) is 18.1 Å². The third kappa shape index (κ3) is 3.53. The van der Waals surface area contributed by atoms with E-state index in [4.69, 9.17) is 18.9 Å². The van der Waals surface area contributed by atoms with Crippen molar-refractivity contribution >= 4 is 5.97 Å². The summed E-state index contributed by atoms with van der Waals surface area (Å²) >= 11 is 0. The summed E-state index contributed by atoms with van der Waals surface area (Å²) in [5.74, 6) is 0.194. The minimum Gasteiger partial charge on any atom is -0.504 e. The molecule has 1 saturated heterocycles. The fraction of sp³-hybridized carbons (Fsp3) is 0.417. The molecule has 0 bridgehead atoms. The van der Waals surface area contributed by atoms with Crippen LogP contribution in [0, 0.1) is 0 Å². The molecule has 2 rings (SSSR count). The second-order valence-electron chi connectivity index (χ2n) is 3.76. The molecule has 0 spiro atoms. The number of esters is 1. The molecule has 1 atom stereocenters. The number of carbonyl (C=O) groups is 1. The van der Waals surface area contributed by atoms with E-state index in [9.17, 15) is 9.90 Å². The van der Waals surface area contributed by atoms with Gasteiger partial charge in [-0.25, -0.2) is 4.79 Å². The smallest absolute Gasteiger partial charge is 0.344 e. The minimum absolute atomic E-state index is 0.0407. The predicted molar refractivity (Wildman–Crippen MR) is 60.9 cm³/mol. The molecule has 1 N–H and O–H groups in total. The summed E-state index contributed by atoms with van der Waals surface area (Å²) in [6.07, 6.45) is 0.0407. The summed E-state index contributed by atoms with van der Waals surface area (Å²) in [5, 5.41) is 9.50. The van der Waals surface area contributed by atoms with E-state index in [-0.39, 0.29) is 25.1 Å². The number of epoxide rings is 1. The Kier molecular flexibility index (Phi) is 3.88. The number of rotatable bonds is 6. The Bertz CT molecular complexity index is 427. The lowest BCUT2D eigenvalue weighted by Crippen LogP contribution is -2.17. The molecule has 0 aromatic heterocycles. The number of phenols is 1. The summed E-state index contributed by atoms with van der Waals surface area (Å²) in [7, 11) is 1.45. The molecule has 18 heavy (non-hydrogen) atoms. The van der Waals surface area contributed by atoms with Gasteiger partial charge in [0.2, 0.25) is 0 Å². The van der Waals surface area contributed by atoms with Crippen molar-refractivity contribution in [3.63, 3.8) is 0 Å². The Labute approximate surface area is 104 Å². The average molecular weight is 254 g/mol. The molecular formula is C12H14O6. The quantitative estimate of drug-likeness (QED) is 0.595. The van der Waals surface area contributed by atoms with E-state index >= 15 is 0 Å². The molecular weight excluding hydrogens is 240 g/mol. The van der Waals surface area contributed by atoms with Crippen molar-refractivity contribution in [1.82, 2.24) is 0 Å². The standard InChI is InChI=1S/C12H14O6/c1-15-11-3-2-8(4-10(11)13)17-7-12(14)18-6-9-5-16-9/h2-4,9,13H,5-7H2,1H3. The van der Waals surface area contributed by atoms with E-state index in [0.717, 1.165) is 0 Å². The zero-order valence-corrected chi connectivity index (χ0v) is 9.92. The molecule has 0 radical (unpaired) electrons. The van der Waals surface area contributed by atoms with Crippen molar-refractivity contribution < 1.29 is 28.8 Å². The molecule has 1 aromatic carbocycles. The molecule has 1 aliphatic heterocycles. The van der Waals surface area contributed by atoms with Crippen LogP contribution in [0.2, 0.25) is 0 Å². The maximum Gasteiger partial charge on any atom is 0.344 e. The van der Waals surface area contributed by atoms with Crippen LogP contribution in [-0.2, 0) is 14.3 Å². The van der Waals surface area contributed by atoms with Gasteiger partial charge in [-0.3, -0.25) is 0 Å². The fourth-order valence-electron chi connectivity index (χ4n) is 1.29. The van der Waals surface area contributed by atoms with Crippen molar-refractivity contribution in [3.8, 4) is 17.2 Å². The summed E-state index contributed by atoms with van der Waals surface area (Å²) in [4.78, 5) is 11.3. The first-order chi connectivity index (χ1) is 8.69. The van der Waals surface area contributed by atoms with Crippen LogP contribution in [0.5, 0.6) is 17.2 Å². The van der Waals surface area contributed by atoms with Crippen LogP contribution >= 0.6 is 0 Å². The molecule has 1 aliphatic rings. The molecule has 0 saturated carbocycles. The van der Waals surface area contributed by atoms with Gasteiger partial charge in [0.25, 0.3) is 0 Å². The van der Waals surface area contributed by atoms with Gasteiger partial charge in [0.1, 0.15) is 18.5 Å². The van der Waals surface area contributed by atoms with Crippen LogP contribution in [0.15, 0.2) is 18.2 Å². The number of hydrogen-bond donors (Lipinski definition) is 1. The lowest BCUT2D eigenvalue weighted by molar-refractivity contribution is -0.146. The normalized spacial score (nSPS) is 17.1. The van der Waals surface area contributed by atoms with Crippen LogP contribution in [0.4, 0.5) is 0 Å². The van der Waals surface area contributed by atoms with Gasteiger partial charge in [0, 0.05) is 6.07 Å². The van der Waals surface area contributed by atoms with Gasteiger partial charge >= 0.3 is 5.97 Å². The van der Waals surface area contributed by atoms with Crippen molar-refractivity contribution in [1.29, 1.82) is 0 Å². The molecule has 6 heteroatoms. The highest BCUT2D eigenvalue weighted by Gasteiger charge is 2.24. The molecule has 0 amide bonds. The summed E-state index contributed by atoms with van der Waals surface area (Å²) < 4.78 is 19.8. The largest absolute Gasteiger partial charge is 0.504 e. The number of hydrogen-bond acceptors (Lipinski definition) is 6. The third-order valence-electron chi connectivity index (χ3n) is 2.34. The van der Waals surface area contributed by atoms with Gasteiger partial charge < -0.3 is 24.1 Å². The Morgan fingerprint density at radius 2 is 2.33 bits per heavy atom. The first-order valence-electron chi connectivity index (χ1n) is 5.46. The van der Waals surface area contributed by atoms with Gasteiger partial charge in [-0.05, 0) is 12.1 Å². The highest BCUT2D eigenvalue weighted by Crippen LogP contribution is 2.29. The first kappa shape index (κ1) is 12.5. The second-order valence-corrected chi connectivity index (χ2v) is 3.76. The van der Waals surface area contributed by atoms with E-state index < -0.39 is 5.97 Å². The minimum atomic E-state index is -0.471. The van der Waals surface area contributed by atoms with Crippen LogP contribution < -0.4 is 9.47 Å². The fourth-order valence-corrected chi connectivity index (χ4v) is 1.29. The predicted octanol–water partition coefficient (Wildman–Crippen LogP) is 0.722. The van der Waals surface area contributed by atoms with Gasteiger partial charge in [-0.2, -0.15) is 0 Å². The van der Waals surface area contributed by atoms with Gasteiger partial charge in [0.15, 0.2) is 18.1 Å². The zero-order valence-electron chi connectivity index (χ0n) is 9.92. The number of methoxy groups -OCH3 is 1. The molecule has 1 fully saturated rings. The first-order valence-corrected chi connectivity index (χ1v) is 5.46. The molecule has 1 heterocycles. The van der Waals surface area contributed by atoms with E-state index in [1.807, 2.05) is 0 Å². The van der Waals surface area contributed by atoms with Crippen molar-refractivity contribution in [2.75, 3.05) is 26.9 Å². The zero-order chi connectivity index (χ0) is 13.0. The molecule has 6 nitrogen and oxygen atoms in total. The van der Waals surface area contributed by atoms with E-state index in [1.165, 1.54) is 13.2 Å². The van der Waals surface area contributed by atoms with Gasteiger partial charge in [0.05, 0.1) is 13.7 Å². The number of aromatic hydroxyl groups is 1. The Morgan fingerprint density at radius 1 is 1.56 bits per heavy atom. The van der Waals surface area contributed by atoms with Crippen molar-refractivity contribution in [2.45, 2.75) is 6.10 Å². The lowest BCUT2D eigenvalue weighted by atomic mass is 10.3. The van der Waals surface area contributed by atoms with Crippen molar-refractivity contribution in [2.24, 2.45) is 0 Å². The van der Waals surface area contributed by atoms with Gasteiger partial charge in [-0.1, -0.05) is 0 Å². The van der Waals surface area contributed by atoms with E-state index in [1.54, 1.807) is 12.1 Å². The second kappa shape index (κ2) is 5.59. The monoisotopic (exact) mass is 254 g/mol. The third-order valence-corrected chi connectivity index (χ3v) is 2.34. The Morgan fingerprint density at radius 3 is 2.94 bits per heavy atom.